The number of benzene rings is 1. The lowest BCUT2D eigenvalue weighted by molar-refractivity contribution is -0.388. The molecule has 0 saturated heterocycles. The summed E-state index contributed by atoms with van der Waals surface area (Å²) in [5.74, 6) is -1.51. The van der Waals surface area contributed by atoms with Crippen molar-refractivity contribution < 1.29 is 31.8 Å². The Morgan fingerprint density at radius 2 is 2.04 bits per heavy atom. The molecule has 0 aromatic heterocycles. The zero-order chi connectivity index (χ0) is 17.8. The first-order valence-corrected chi connectivity index (χ1v) is 7.81. The van der Waals surface area contributed by atoms with E-state index >= 15 is 0 Å². The summed E-state index contributed by atoms with van der Waals surface area (Å²) >= 11 is 0. The van der Waals surface area contributed by atoms with E-state index in [9.17, 15) is 32.3 Å². The fourth-order valence-electron chi connectivity index (χ4n) is 1.56. The van der Waals surface area contributed by atoms with E-state index in [4.69, 9.17) is 4.74 Å². The molecule has 0 aliphatic rings. The van der Waals surface area contributed by atoms with Crippen LogP contribution in [0.3, 0.4) is 0 Å². The van der Waals surface area contributed by atoms with Crippen LogP contribution in [0.25, 0.3) is 0 Å². The molecular formula is C13H14F3NO5S. The van der Waals surface area contributed by atoms with Gasteiger partial charge in [-0.15, -0.1) is 0 Å². The van der Waals surface area contributed by atoms with Crippen molar-refractivity contribution in [2.45, 2.75) is 37.4 Å². The highest BCUT2D eigenvalue weighted by atomic mass is 32.2. The normalized spacial score (nSPS) is 14.1. The molecule has 0 aliphatic heterocycles. The molecule has 2 atom stereocenters. The van der Waals surface area contributed by atoms with Crippen LogP contribution in [0.2, 0.25) is 0 Å². The molecule has 1 rings (SSSR count). The number of alkyl halides is 3. The number of halogens is 3. The van der Waals surface area contributed by atoms with E-state index in [1.807, 2.05) is 0 Å². The first-order valence-electron chi connectivity index (χ1n) is 6.49. The Hall–Kier alpha value is -1.97. The number of rotatable bonds is 6. The maximum absolute atomic E-state index is 12.6. The molecule has 0 unspecified atom stereocenters. The van der Waals surface area contributed by atoms with Gasteiger partial charge >= 0.3 is 12.1 Å². The number of hydrogen-bond donors (Lipinski definition) is 0. The number of esters is 1. The minimum absolute atomic E-state index is 0.299. The maximum Gasteiger partial charge on any atom is 0.416 e. The van der Waals surface area contributed by atoms with Crippen LogP contribution in [0.15, 0.2) is 23.1 Å². The van der Waals surface area contributed by atoms with E-state index in [0.717, 1.165) is 6.07 Å². The van der Waals surface area contributed by atoms with E-state index in [-0.39, 0.29) is 0 Å². The van der Waals surface area contributed by atoms with Gasteiger partial charge in [-0.2, -0.15) is 13.2 Å². The van der Waals surface area contributed by atoms with Crippen molar-refractivity contribution in [2.24, 2.45) is 0 Å². The lowest BCUT2D eigenvalue weighted by Crippen LogP contribution is -2.20. The minimum atomic E-state index is -4.76. The first kappa shape index (κ1) is 19.1. The molecule has 128 valence electrons. The van der Waals surface area contributed by atoms with Crippen LogP contribution in [-0.4, -0.2) is 27.0 Å². The molecule has 0 heterocycles. The second kappa shape index (κ2) is 7.53. The van der Waals surface area contributed by atoms with Gasteiger partial charge in [0.15, 0.2) is 0 Å². The Morgan fingerprint density at radius 1 is 1.43 bits per heavy atom. The SMILES string of the molecule is CC[C@@H](C)OC(=O)C[S@](=O)c1ccc(C(F)(F)F)cc1[N+](=O)[O-]. The Balaban J connectivity index is 3.05. The number of nitrogens with zero attached hydrogens (tertiary/aromatic N) is 1. The highest BCUT2D eigenvalue weighted by Crippen LogP contribution is 2.34. The highest BCUT2D eigenvalue weighted by molar-refractivity contribution is 7.85. The predicted octanol–water partition coefficient (Wildman–Crippen LogP) is 3.06. The van der Waals surface area contributed by atoms with Crippen molar-refractivity contribution in [3.63, 3.8) is 0 Å². The fourth-order valence-corrected chi connectivity index (χ4v) is 2.58. The number of ether oxygens (including phenoxy) is 1. The minimum Gasteiger partial charge on any atom is -0.462 e. The molecule has 0 spiro atoms. The third-order valence-corrected chi connectivity index (χ3v) is 4.22. The van der Waals surface area contributed by atoms with Crippen LogP contribution in [0.5, 0.6) is 0 Å². The second-order valence-corrected chi connectivity index (χ2v) is 6.06. The lowest BCUT2D eigenvalue weighted by Gasteiger charge is -2.11. The van der Waals surface area contributed by atoms with Crippen molar-refractivity contribution in [1.29, 1.82) is 0 Å². The summed E-state index contributed by atoms with van der Waals surface area (Å²) in [4.78, 5) is 20.9. The van der Waals surface area contributed by atoms with Gasteiger partial charge in [0.05, 0.1) is 27.4 Å². The molecule has 6 nitrogen and oxygen atoms in total. The van der Waals surface area contributed by atoms with Crippen LogP contribution < -0.4 is 0 Å². The van der Waals surface area contributed by atoms with Gasteiger partial charge < -0.3 is 4.74 Å². The number of nitro groups is 1. The second-order valence-electron chi connectivity index (χ2n) is 4.64. The molecule has 0 amide bonds. The third kappa shape index (κ3) is 5.31. The van der Waals surface area contributed by atoms with Crippen LogP contribution in [0.1, 0.15) is 25.8 Å². The van der Waals surface area contributed by atoms with Crippen molar-refractivity contribution >= 4 is 22.5 Å². The molecule has 1 aromatic rings. The predicted molar refractivity (Wildman–Crippen MR) is 75.2 cm³/mol. The summed E-state index contributed by atoms with van der Waals surface area (Å²) in [6, 6.07) is 1.63. The van der Waals surface area contributed by atoms with Gasteiger partial charge in [-0.05, 0) is 25.5 Å². The Bertz CT molecular complexity index is 633. The quantitative estimate of drug-likeness (QED) is 0.446. The van der Waals surface area contributed by atoms with Gasteiger partial charge in [0.2, 0.25) is 0 Å². The Kier molecular flexibility index (Phi) is 6.25. The average molecular weight is 353 g/mol. The largest absolute Gasteiger partial charge is 0.462 e. The van der Waals surface area contributed by atoms with Gasteiger partial charge in [-0.3, -0.25) is 19.1 Å². The topological polar surface area (TPSA) is 86.5 Å². The molecule has 0 aliphatic carbocycles. The van der Waals surface area contributed by atoms with Gasteiger partial charge in [0.25, 0.3) is 5.69 Å². The van der Waals surface area contributed by atoms with Gasteiger partial charge in [-0.25, -0.2) is 0 Å². The van der Waals surface area contributed by atoms with E-state index in [1.54, 1.807) is 13.8 Å². The van der Waals surface area contributed by atoms with Crippen molar-refractivity contribution in [1.82, 2.24) is 0 Å². The van der Waals surface area contributed by atoms with Crippen molar-refractivity contribution in [3.8, 4) is 0 Å². The maximum atomic E-state index is 12.6. The van der Waals surface area contributed by atoms with Gasteiger partial charge in [-0.1, -0.05) is 6.92 Å². The van der Waals surface area contributed by atoms with E-state index < -0.39 is 55.9 Å². The summed E-state index contributed by atoms with van der Waals surface area (Å²) < 4.78 is 54.7. The lowest BCUT2D eigenvalue weighted by atomic mass is 10.2. The molecule has 0 bridgehead atoms. The van der Waals surface area contributed by atoms with E-state index in [1.165, 1.54) is 0 Å². The highest BCUT2D eigenvalue weighted by Gasteiger charge is 2.34. The molecule has 1 aromatic carbocycles. The van der Waals surface area contributed by atoms with Crippen LogP contribution >= 0.6 is 0 Å². The molecule has 10 heteroatoms. The van der Waals surface area contributed by atoms with Crippen LogP contribution in [0, 0.1) is 10.1 Å². The van der Waals surface area contributed by atoms with E-state index in [2.05, 4.69) is 0 Å². The zero-order valence-corrected chi connectivity index (χ0v) is 13.1. The molecule has 0 fully saturated rings. The molecule has 23 heavy (non-hydrogen) atoms. The molecule has 0 radical (unpaired) electrons. The summed E-state index contributed by atoms with van der Waals surface area (Å²) in [6.45, 7) is 3.37. The standard InChI is InChI=1S/C13H14F3NO5S/c1-3-8(2)22-12(18)7-23(21)11-5-4-9(13(14,15)16)6-10(11)17(19)20/h4-6,8H,3,7H2,1-2H3/t8-,23+/m1/s1. The van der Waals surface area contributed by atoms with Gasteiger partial charge in [0, 0.05) is 6.07 Å². The third-order valence-electron chi connectivity index (χ3n) is 2.88. The Morgan fingerprint density at radius 3 is 2.52 bits per heavy atom. The molecule has 0 N–H and O–H groups in total. The number of nitro benzene ring substituents is 1. The number of hydrogen-bond acceptors (Lipinski definition) is 5. The fraction of sp³-hybridized carbons (Fsp3) is 0.462. The van der Waals surface area contributed by atoms with Gasteiger partial charge in [0.1, 0.15) is 10.6 Å². The smallest absolute Gasteiger partial charge is 0.416 e. The van der Waals surface area contributed by atoms with Crippen LogP contribution in [0.4, 0.5) is 18.9 Å². The van der Waals surface area contributed by atoms with Crippen molar-refractivity contribution in [3.05, 3.63) is 33.9 Å². The monoisotopic (exact) mass is 353 g/mol. The van der Waals surface area contributed by atoms with E-state index in [0.29, 0.717) is 18.6 Å². The average Bonchev–Trinajstić information content (AvgIpc) is 2.45. The van der Waals surface area contributed by atoms with Crippen molar-refractivity contribution in [2.75, 3.05) is 5.75 Å². The summed E-state index contributed by atoms with van der Waals surface area (Å²) in [7, 11) is -2.18. The first-order chi connectivity index (χ1) is 10.6. The summed E-state index contributed by atoms with van der Waals surface area (Å²) in [5.41, 5.74) is -2.18. The zero-order valence-electron chi connectivity index (χ0n) is 12.3. The Labute approximate surface area is 132 Å². The molecule has 0 saturated carbocycles. The summed E-state index contributed by atoms with van der Waals surface area (Å²) in [5, 5.41) is 10.9. The number of carbonyl (C=O) groups excluding carboxylic acids is 1. The van der Waals surface area contributed by atoms with Crippen LogP contribution in [-0.2, 0) is 26.5 Å². The summed E-state index contributed by atoms with van der Waals surface area (Å²) in [6.07, 6.45) is -4.65. The molecular weight excluding hydrogens is 339 g/mol. The number of carbonyl (C=O) groups is 1.